The van der Waals surface area contributed by atoms with Crippen LogP contribution in [0.5, 0.6) is 0 Å². The Kier molecular flexibility index (Phi) is 1.64. The summed E-state index contributed by atoms with van der Waals surface area (Å²) in [6.45, 7) is 0. The lowest BCUT2D eigenvalue weighted by atomic mass is 9.97. The Labute approximate surface area is 99.3 Å². The fourth-order valence-electron chi connectivity index (χ4n) is 2.35. The van der Waals surface area contributed by atoms with E-state index < -0.39 is 0 Å². The molecular formula is C15H10N2. The minimum atomic E-state index is 0.957. The molecule has 0 fully saturated rings. The highest BCUT2D eigenvalue weighted by molar-refractivity contribution is 5.93. The lowest BCUT2D eigenvalue weighted by Crippen LogP contribution is -1.85. The van der Waals surface area contributed by atoms with Crippen LogP contribution in [0.15, 0.2) is 64.5 Å². The van der Waals surface area contributed by atoms with Gasteiger partial charge in [0.05, 0.1) is 11.4 Å². The minimum absolute atomic E-state index is 0.957. The first-order valence-corrected chi connectivity index (χ1v) is 5.76. The molecule has 2 aromatic carbocycles. The quantitative estimate of drug-likeness (QED) is 0.619. The van der Waals surface area contributed by atoms with Gasteiger partial charge in [0.25, 0.3) is 0 Å². The topological polar surface area (TPSA) is 24.7 Å². The second kappa shape index (κ2) is 3.14. The van der Waals surface area contributed by atoms with Crippen LogP contribution in [0.4, 0.5) is 5.69 Å². The number of allylic oxidation sites excluding steroid dienone is 2. The molecule has 0 bridgehead atoms. The fraction of sp³-hybridized carbons (Fsp3) is 0.0667. The van der Waals surface area contributed by atoms with Crippen molar-refractivity contribution in [2.24, 2.45) is 10.2 Å². The van der Waals surface area contributed by atoms with Crippen molar-refractivity contribution in [3.8, 4) is 11.1 Å². The summed E-state index contributed by atoms with van der Waals surface area (Å²) in [5, 5.41) is 8.64. The Morgan fingerprint density at radius 3 is 2.29 bits per heavy atom. The van der Waals surface area contributed by atoms with Crippen LogP contribution in [0.2, 0.25) is 0 Å². The average molecular weight is 218 g/mol. The summed E-state index contributed by atoms with van der Waals surface area (Å²) in [4.78, 5) is 0. The highest BCUT2D eigenvalue weighted by atomic mass is 15.1. The van der Waals surface area contributed by atoms with E-state index in [0.29, 0.717) is 0 Å². The summed E-state index contributed by atoms with van der Waals surface area (Å²) in [5.41, 5.74) is 7.19. The summed E-state index contributed by atoms with van der Waals surface area (Å²) < 4.78 is 0. The standard InChI is InChI=1S/C15H10N2/c1-2-6-11-10(5-1)12-7-3-4-8-14(12)16-17-15-9-13(11)15/h1-8H,9H2. The molecule has 0 atom stereocenters. The smallest absolute Gasteiger partial charge is 0.0935 e. The van der Waals surface area contributed by atoms with Gasteiger partial charge in [0.2, 0.25) is 0 Å². The Bertz CT molecular complexity index is 681. The number of nitrogens with zero attached hydrogens (tertiary/aromatic N) is 2. The van der Waals surface area contributed by atoms with Crippen LogP contribution in [0.1, 0.15) is 12.0 Å². The molecule has 0 amide bonds. The van der Waals surface area contributed by atoms with Crippen LogP contribution in [0.25, 0.3) is 16.7 Å². The van der Waals surface area contributed by atoms with Crippen molar-refractivity contribution in [1.82, 2.24) is 0 Å². The largest absolute Gasteiger partial charge is 0.154 e. The maximum Gasteiger partial charge on any atom is 0.0935 e. The predicted octanol–water partition coefficient (Wildman–Crippen LogP) is 4.57. The van der Waals surface area contributed by atoms with Crippen molar-refractivity contribution in [3.63, 3.8) is 0 Å². The third-order valence-corrected chi connectivity index (χ3v) is 3.29. The maximum absolute atomic E-state index is 4.34. The molecular weight excluding hydrogens is 208 g/mol. The van der Waals surface area contributed by atoms with Crippen molar-refractivity contribution >= 4 is 11.3 Å². The molecule has 2 aliphatic rings. The molecule has 2 aromatic rings. The van der Waals surface area contributed by atoms with Gasteiger partial charge < -0.3 is 0 Å². The SMILES string of the molecule is c1ccc2c(c1)N=NC1=C(C1)c1ccccc1-2. The van der Waals surface area contributed by atoms with E-state index in [1.807, 2.05) is 12.1 Å². The highest BCUT2D eigenvalue weighted by Gasteiger charge is 2.27. The van der Waals surface area contributed by atoms with Gasteiger partial charge in [-0.25, -0.2) is 0 Å². The van der Waals surface area contributed by atoms with E-state index in [0.717, 1.165) is 17.8 Å². The van der Waals surface area contributed by atoms with Gasteiger partial charge in [-0.15, -0.1) is 0 Å². The molecule has 2 heteroatoms. The van der Waals surface area contributed by atoms with Gasteiger partial charge in [0.15, 0.2) is 0 Å². The Balaban J connectivity index is 2.09. The minimum Gasteiger partial charge on any atom is -0.154 e. The molecule has 0 radical (unpaired) electrons. The highest BCUT2D eigenvalue weighted by Crippen LogP contribution is 2.48. The van der Waals surface area contributed by atoms with E-state index in [1.54, 1.807) is 0 Å². The third kappa shape index (κ3) is 1.27. The normalized spacial score (nSPS) is 15.5. The molecule has 1 aliphatic heterocycles. The number of hydrogen-bond donors (Lipinski definition) is 0. The molecule has 0 spiro atoms. The summed E-state index contributed by atoms with van der Waals surface area (Å²) in [5.74, 6) is 0. The Morgan fingerprint density at radius 2 is 1.41 bits per heavy atom. The van der Waals surface area contributed by atoms with Crippen LogP contribution >= 0.6 is 0 Å². The maximum atomic E-state index is 4.34. The molecule has 0 aromatic heterocycles. The third-order valence-electron chi connectivity index (χ3n) is 3.29. The van der Waals surface area contributed by atoms with Crippen LogP contribution in [-0.4, -0.2) is 0 Å². The second-order valence-corrected chi connectivity index (χ2v) is 4.36. The molecule has 0 unspecified atom stereocenters. The van der Waals surface area contributed by atoms with Crippen molar-refractivity contribution in [3.05, 3.63) is 59.8 Å². The van der Waals surface area contributed by atoms with Crippen LogP contribution in [0.3, 0.4) is 0 Å². The number of hydrogen-bond acceptors (Lipinski definition) is 2. The van der Waals surface area contributed by atoms with Gasteiger partial charge in [-0.3, -0.25) is 0 Å². The first-order chi connectivity index (χ1) is 8.43. The molecule has 1 aliphatic carbocycles. The summed E-state index contributed by atoms with van der Waals surface area (Å²) in [7, 11) is 0. The van der Waals surface area contributed by atoms with Gasteiger partial charge in [-0.1, -0.05) is 42.5 Å². The molecule has 80 valence electrons. The zero-order valence-corrected chi connectivity index (χ0v) is 9.22. The average Bonchev–Trinajstić information content (AvgIpc) is 3.14. The molecule has 0 saturated heterocycles. The van der Waals surface area contributed by atoms with Crippen molar-refractivity contribution in [1.29, 1.82) is 0 Å². The van der Waals surface area contributed by atoms with E-state index in [2.05, 4.69) is 46.6 Å². The lowest BCUT2D eigenvalue weighted by Gasteiger charge is -2.09. The first kappa shape index (κ1) is 8.88. The van der Waals surface area contributed by atoms with Gasteiger partial charge in [-0.2, -0.15) is 10.2 Å². The van der Waals surface area contributed by atoms with Gasteiger partial charge in [-0.05, 0) is 22.8 Å². The van der Waals surface area contributed by atoms with E-state index >= 15 is 0 Å². The number of fused-ring (bicyclic) bond motifs is 4. The molecule has 0 N–H and O–H groups in total. The zero-order chi connectivity index (χ0) is 11.2. The second-order valence-electron chi connectivity index (χ2n) is 4.36. The van der Waals surface area contributed by atoms with E-state index in [1.165, 1.54) is 22.3 Å². The Morgan fingerprint density at radius 1 is 0.706 bits per heavy atom. The number of azo groups is 1. The van der Waals surface area contributed by atoms with E-state index in [-0.39, 0.29) is 0 Å². The fourth-order valence-corrected chi connectivity index (χ4v) is 2.35. The number of rotatable bonds is 0. The van der Waals surface area contributed by atoms with Gasteiger partial charge in [0, 0.05) is 12.0 Å². The summed E-state index contributed by atoms with van der Waals surface area (Å²) >= 11 is 0. The van der Waals surface area contributed by atoms with Crippen LogP contribution < -0.4 is 0 Å². The van der Waals surface area contributed by atoms with E-state index in [4.69, 9.17) is 0 Å². The zero-order valence-electron chi connectivity index (χ0n) is 9.22. The molecule has 2 nitrogen and oxygen atoms in total. The van der Waals surface area contributed by atoms with Gasteiger partial charge in [0.1, 0.15) is 0 Å². The van der Waals surface area contributed by atoms with Crippen molar-refractivity contribution < 1.29 is 0 Å². The number of benzene rings is 2. The monoisotopic (exact) mass is 218 g/mol. The van der Waals surface area contributed by atoms with Crippen LogP contribution in [0, 0.1) is 0 Å². The molecule has 17 heavy (non-hydrogen) atoms. The molecule has 1 heterocycles. The van der Waals surface area contributed by atoms with Crippen molar-refractivity contribution in [2.75, 3.05) is 0 Å². The van der Waals surface area contributed by atoms with E-state index in [9.17, 15) is 0 Å². The molecule has 4 rings (SSSR count). The van der Waals surface area contributed by atoms with Crippen LogP contribution in [-0.2, 0) is 0 Å². The summed E-state index contributed by atoms with van der Waals surface area (Å²) in [6.07, 6.45) is 0.981. The van der Waals surface area contributed by atoms with Gasteiger partial charge >= 0.3 is 0 Å². The predicted molar refractivity (Wildman–Crippen MR) is 67.9 cm³/mol. The molecule has 0 saturated carbocycles. The summed E-state index contributed by atoms with van der Waals surface area (Å²) in [6, 6.07) is 16.7. The lowest BCUT2D eigenvalue weighted by molar-refractivity contribution is 1.17. The van der Waals surface area contributed by atoms with Crippen molar-refractivity contribution in [2.45, 2.75) is 6.42 Å². The first-order valence-electron chi connectivity index (χ1n) is 5.76. The Hall–Kier alpha value is -2.22.